The first-order valence-corrected chi connectivity index (χ1v) is 6.17. The van der Waals surface area contributed by atoms with Crippen molar-refractivity contribution < 1.29 is 0 Å². The predicted molar refractivity (Wildman–Crippen MR) is 80.6 cm³/mol. The molecule has 0 spiro atoms. The van der Waals surface area contributed by atoms with Crippen LogP contribution in [0.25, 0.3) is 16.8 Å². The van der Waals surface area contributed by atoms with E-state index < -0.39 is 0 Å². The summed E-state index contributed by atoms with van der Waals surface area (Å²) in [5, 5.41) is 17.9. The second kappa shape index (κ2) is 6.25. The van der Waals surface area contributed by atoms with Crippen LogP contribution in [0.1, 0.15) is 11.1 Å². The van der Waals surface area contributed by atoms with E-state index in [1.807, 2.05) is 36.4 Å². The maximum absolute atomic E-state index is 8.95. The van der Waals surface area contributed by atoms with Gasteiger partial charge in [-0.15, -0.1) is 0 Å². The van der Waals surface area contributed by atoms with Crippen molar-refractivity contribution in [2.24, 2.45) is 11.6 Å². The lowest BCUT2D eigenvalue weighted by molar-refractivity contribution is 0.920. The van der Waals surface area contributed by atoms with E-state index >= 15 is 0 Å². The van der Waals surface area contributed by atoms with Gasteiger partial charge in [0.05, 0.1) is 17.3 Å². The molecule has 5 nitrogen and oxygen atoms in total. The lowest BCUT2D eigenvalue weighted by Crippen LogP contribution is -2.23. The van der Waals surface area contributed by atoms with Crippen LogP contribution >= 0.6 is 0 Å². The van der Waals surface area contributed by atoms with Gasteiger partial charge in [-0.2, -0.15) is 10.5 Å². The molecule has 0 heterocycles. The topological polar surface area (TPSA) is 112 Å². The average molecular weight is 275 g/mol. The van der Waals surface area contributed by atoms with Crippen LogP contribution in [0.3, 0.4) is 0 Å². The van der Waals surface area contributed by atoms with Crippen LogP contribution in [-0.2, 0) is 0 Å². The van der Waals surface area contributed by atoms with Crippen molar-refractivity contribution in [2.45, 2.75) is 0 Å². The van der Waals surface area contributed by atoms with Gasteiger partial charge in [0, 0.05) is 5.56 Å². The fraction of sp³-hybridized carbons (Fsp3) is 0. The van der Waals surface area contributed by atoms with Crippen molar-refractivity contribution in [2.75, 3.05) is 0 Å². The first-order valence-electron chi connectivity index (χ1n) is 6.17. The smallest absolute Gasteiger partial charge is 0.151 e. The zero-order valence-electron chi connectivity index (χ0n) is 11.2. The number of nitrogens with one attached hydrogen (secondary N) is 1. The fourth-order valence-corrected chi connectivity index (χ4v) is 1.95. The van der Waals surface area contributed by atoms with Crippen LogP contribution in [0.15, 0.2) is 54.2 Å². The Morgan fingerprint density at radius 1 is 1.00 bits per heavy atom. The largest absolute Gasteiger partial charge is 0.396 e. The quantitative estimate of drug-likeness (QED) is 0.449. The monoisotopic (exact) mass is 275 g/mol. The third kappa shape index (κ3) is 3.01. The summed E-state index contributed by atoms with van der Waals surface area (Å²) in [4.78, 5) is 0. The highest BCUT2D eigenvalue weighted by atomic mass is 15.2. The minimum Gasteiger partial charge on any atom is -0.396 e. The Morgan fingerprint density at radius 2 is 1.67 bits per heavy atom. The van der Waals surface area contributed by atoms with Gasteiger partial charge in [-0.3, -0.25) is 0 Å². The molecule has 0 aliphatic carbocycles. The van der Waals surface area contributed by atoms with Crippen LogP contribution in [-0.4, -0.2) is 0 Å². The normalized spacial score (nSPS) is 11.0. The number of allylic oxidation sites excluding steroid dienone is 1. The van der Waals surface area contributed by atoms with Gasteiger partial charge in [-0.1, -0.05) is 30.3 Å². The summed E-state index contributed by atoms with van der Waals surface area (Å²) in [5.41, 5.74) is 11.7. The lowest BCUT2D eigenvalue weighted by Gasteiger charge is -2.08. The average Bonchev–Trinajstić information content (AvgIpc) is 2.56. The Kier molecular flexibility index (Phi) is 4.20. The highest BCUT2D eigenvalue weighted by molar-refractivity contribution is 5.74. The van der Waals surface area contributed by atoms with Crippen molar-refractivity contribution >= 4 is 5.70 Å². The third-order valence-corrected chi connectivity index (χ3v) is 3.02. The van der Waals surface area contributed by atoms with Gasteiger partial charge in [0.15, 0.2) is 5.70 Å². The first kappa shape index (κ1) is 14.1. The molecule has 0 saturated carbocycles. The Labute approximate surface area is 122 Å². The molecule has 0 bridgehead atoms. The molecule has 2 aromatic carbocycles. The molecule has 5 N–H and O–H groups in total. The molecule has 0 fully saturated rings. The predicted octanol–water partition coefficient (Wildman–Crippen LogP) is 1.84. The Morgan fingerprint density at radius 3 is 2.29 bits per heavy atom. The molecular weight excluding hydrogens is 262 g/mol. The molecule has 0 atom stereocenters. The number of rotatable bonds is 3. The first-order chi connectivity index (χ1) is 10.2. The van der Waals surface area contributed by atoms with E-state index in [2.05, 4.69) is 11.5 Å². The maximum Gasteiger partial charge on any atom is 0.151 e. The summed E-state index contributed by atoms with van der Waals surface area (Å²) in [6, 6.07) is 18.7. The molecule has 0 saturated heterocycles. The zero-order chi connectivity index (χ0) is 15.2. The Balaban J connectivity index is 2.50. The molecule has 2 aromatic rings. The van der Waals surface area contributed by atoms with E-state index in [1.165, 1.54) is 0 Å². The van der Waals surface area contributed by atoms with Crippen LogP contribution in [0, 0.1) is 22.7 Å². The van der Waals surface area contributed by atoms with Gasteiger partial charge in [-0.25, -0.2) is 5.84 Å². The van der Waals surface area contributed by atoms with E-state index in [4.69, 9.17) is 22.1 Å². The fourth-order valence-electron chi connectivity index (χ4n) is 1.95. The summed E-state index contributed by atoms with van der Waals surface area (Å²) < 4.78 is 0. The Bertz CT molecular complexity index is 778. The molecule has 5 heteroatoms. The second-order valence-corrected chi connectivity index (χ2v) is 4.32. The Hall–Kier alpha value is -3.28. The molecule has 0 unspecified atom stereocenters. The van der Waals surface area contributed by atoms with Gasteiger partial charge >= 0.3 is 0 Å². The van der Waals surface area contributed by atoms with Gasteiger partial charge in [0.2, 0.25) is 0 Å². The van der Waals surface area contributed by atoms with Crippen molar-refractivity contribution in [3.8, 4) is 23.3 Å². The van der Waals surface area contributed by atoms with Crippen molar-refractivity contribution in [1.29, 1.82) is 10.5 Å². The highest BCUT2D eigenvalue weighted by Gasteiger charge is 2.06. The molecule has 2 rings (SSSR count). The summed E-state index contributed by atoms with van der Waals surface area (Å²) in [6.07, 6.45) is 0. The molecule has 0 radical (unpaired) electrons. The number of hydrogen-bond donors (Lipinski definition) is 3. The zero-order valence-corrected chi connectivity index (χ0v) is 11.2. The molecule has 102 valence electrons. The maximum atomic E-state index is 8.95. The van der Waals surface area contributed by atoms with E-state index in [-0.39, 0.29) is 11.4 Å². The number of benzene rings is 2. The van der Waals surface area contributed by atoms with Crippen molar-refractivity contribution in [3.05, 3.63) is 65.4 Å². The third-order valence-electron chi connectivity index (χ3n) is 3.02. The second-order valence-electron chi connectivity index (χ2n) is 4.32. The van der Waals surface area contributed by atoms with Crippen LogP contribution in [0.4, 0.5) is 0 Å². The SMILES string of the molecule is N#C/C(NN)=C(/N)c1cccc(-c2cccc(C#N)c2)c1. The van der Waals surface area contributed by atoms with Crippen LogP contribution in [0.2, 0.25) is 0 Å². The van der Waals surface area contributed by atoms with E-state index in [1.54, 1.807) is 18.2 Å². The molecule has 0 aliphatic heterocycles. The summed E-state index contributed by atoms with van der Waals surface area (Å²) >= 11 is 0. The van der Waals surface area contributed by atoms with E-state index in [0.717, 1.165) is 11.1 Å². The summed E-state index contributed by atoms with van der Waals surface area (Å²) in [5.74, 6) is 5.26. The van der Waals surface area contributed by atoms with Gasteiger partial charge in [-0.05, 0) is 29.3 Å². The van der Waals surface area contributed by atoms with Crippen LogP contribution < -0.4 is 17.0 Å². The number of nitrogens with zero attached hydrogens (tertiary/aromatic N) is 2. The molecule has 0 aliphatic rings. The molecule has 0 aromatic heterocycles. The minimum absolute atomic E-state index is 0.109. The summed E-state index contributed by atoms with van der Waals surface area (Å²) in [6.45, 7) is 0. The molecule has 0 amide bonds. The lowest BCUT2D eigenvalue weighted by atomic mass is 10.00. The van der Waals surface area contributed by atoms with Crippen molar-refractivity contribution in [1.82, 2.24) is 5.43 Å². The number of nitrogens with two attached hydrogens (primary N) is 2. The van der Waals surface area contributed by atoms with Gasteiger partial charge < -0.3 is 11.2 Å². The summed E-state index contributed by atoms with van der Waals surface area (Å²) in [7, 11) is 0. The van der Waals surface area contributed by atoms with E-state index in [0.29, 0.717) is 11.1 Å². The van der Waals surface area contributed by atoms with Gasteiger partial charge in [0.1, 0.15) is 6.07 Å². The standard InChI is InChI=1S/C16H13N5/c17-9-11-3-1-4-12(7-11)13-5-2-6-14(8-13)16(19)15(10-18)21-20/h1-8,21H,19-20H2/b16-15-. The number of hydrazine groups is 1. The number of hydrogen-bond acceptors (Lipinski definition) is 5. The van der Waals surface area contributed by atoms with Crippen LogP contribution in [0.5, 0.6) is 0 Å². The highest BCUT2D eigenvalue weighted by Crippen LogP contribution is 2.23. The molecule has 21 heavy (non-hydrogen) atoms. The number of nitriles is 2. The molecular formula is C16H13N5. The van der Waals surface area contributed by atoms with Crippen molar-refractivity contribution in [3.63, 3.8) is 0 Å². The minimum atomic E-state index is 0.109. The van der Waals surface area contributed by atoms with Gasteiger partial charge in [0.25, 0.3) is 0 Å². The van der Waals surface area contributed by atoms with E-state index in [9.17, 15) is 0 Å².